The quantitative estimate of drug-likeness (QED) is 0.355. The van der Waals surface area contributed by atoms with E-state index in [1.165, 1.54) is 64.7 Å². The molecule has 1 aliphatic rings. The smallest absolute Gasteiger partial charge is 0.306 e. The number of piperidine rings is 1. The van der Waals surface area contributed by atoms with Gasteiger partial charge in [-0.2, -0.15) is 0 Å². The summed E-state index contributed by atoms with van der Waals surface area (Å²) >= 11 is 0. The van der Waals surface area contributed by atoms with Crippen LogP contribution in [0.3, 0.4) is 0 Å². The van der Waals surface area contributed by atoms with E-state index >= 15 is 0 Å². The molecule has 2 amide bonds. The predicted molar refractivity (Wildman–Crippen MR) is 106 cm³/mol. The van der Waals surface area contributed by atoms with Crippen molar-refractivity contribution in [2.45, 2.75) is 109 Å². The average Bonchev–Trinajstić information content (AvgIpc) is 2.62. The molecule has 1 rings (SSSR count). The molecule has 2 atom stereocenters. The molecular formula is C21H38N2O4. The predicted octanol–water partition coefficient (Wildman–Crippen LogP) is 3.62. The standard InChI is InChI=1S/C21H38N2O4/c1-3-4-5-6-7-8-9-10-11-12-13-14-20(25)27-18-15-19(23-17(2)24)21(26)22-16-18/h18-19H,3-16H2,1-2H3,(H,22,26)(H,23,24)/t18-,19-/m0/s1. The molecule has 6 nitrogen and oxygen atoms in total. The number of rotatable bonds is 14. The molecule has 0 unspecified atom stereocenters. The summed E-state index contributed by atoms with van der Waals surface area (Å²) in [7, 11) is 0. The van der Waals surface area contributed by atoms with Gasteiger partial charge in [-0.1, -0.05) is 71.1 Å². The molecule has 0 aromatic heterocycles. The fourth-order valence-corrected chi connectivity index (χ4v) is 3.43. The van der Waals surface area contributed by atoms with Gasteiger partial charge in [0.15, 0.2) is 0 Å². The molecule has 1 aliphatic heterocycles. The largest absolute Gasteiger partial charge is 0.460 e. The Balaban J connectivity index is 2.01. The Morgan fingerprint density at radius 1 is 1.00 bits per heavy atom. The Kier molecular flexibility index (Phi) is 12.6. The number of amides is 2. The lowest BCUT2D eigenvalue weighted by molar-refractivity contribution is -0.152. The van der Waals surface area contributed by atoms with Gasteiger partial charge in [-0.25, -0.2) is 0 Å². The van der Waals surface area contributed by atoms with E-state index in [9.17, 15) is 14.4 Å². The second-order valence-corrected chi connectivity index (χ2v) is 7.63. The minimum absolute atomic E-state index is 0.214. The van der Waals surface area contributed by atoms with Gasteiger partial charge in [0.2, 0.25) is 11.8 Å². The van der Waals surface area contributed by atoms with Crippen molar-refractivity contribution in [3.8, 4) is 0 Å². The average molecular weight is 383 g/mol. The maximum atomic E-state index is 12.0. The van der Waals surface area contributed by atoms with Crippen LogP contribution in [0.4, 0.5) is 0 Å². The second-order valence-electron chi connectivity index (χ2n) is 7.63. The highest BCUT2D eigenvalue weighted by molar-refractivity contribution is 5.87. The maximum absolute atomic E-state index is 12.0. The summed E-state index contributed by atoms with van der Waals surface area (Å²) in [6.45, 7) is 3.93. The van der Waals surface area contributed by atoms with Crippen molar-refractivity contribution in [1.82, 2.24) is 10.6 Å². The minimum Gasteiger partial charge on any atom is -0.460 e. The number of carbonyl (C=O) groups is 3. The van der Waals surface area contributed by atoms with Gasteiger partial charge in [0.05, 0.1) is 6.54 Å². The highest BCUT2D eigenvalue weighted by Crippen LogP contribution is 2.14. The molecule has 156 valence electrons. The third-order valence-electron chi connectivity index (χ3n) is 4.98. The Morgan fingerprint density at radius 2 is 1.56 bits per heavy atom. The van der Waals surface area contributed by atoms with Gasteiger partial charge in [-0.15, -0.1) is 0 Å². The summed E-state index contributed by atoms with van der Waals surface area (Å²) in [5, 5.41) is 5.26. The van der Waals surface area contributed by atoms with Crippen LogP contribution >= 0.6 is 0 Å². The molecule has 0 saturated carbocycles. The van der Waals surface area contributed by atoms with E-state index in [2.05, 4.69) is 17.6 Å². The number of ether oxygens (including phenoxy) is 1. The molecule has 1 heterocycles. The van der Waals surface area contributed by atoms with Crippen molar-refractivity contribution in [3.05, 3.63) is 0 Å². The van der Waals surface area contributed by atoms with Crippen molar-refractivity contribution < 1.29 is 19.1 Å². The van der Waals surface area contributed by atoms with Gasteiger partial charge >= 0.3 is 5.97 Å². The fraction of sp³-hybridized carbons (Fsp3) is 0.857. The Bertz CT molecular complexity index is 453. The number of unbranched alkanes of at least 4 members (excludes halogenated alkanes) is 10. The summed E-state index contributed by atoms with van der Waals surface area (Å²) < 4.78 is 5.44. The Hall–Kier alpha value is -1.59. The molecular weight excluding hydrogens is 344 g/mol. The third kappa shape index (κ3) is 11.7. The van der Waals surface area contributed by atoms with E-state index in [-0.39, 0.29) is 23.9 Å². The van der Waals surface area contributed by atoms with Crippen LogP contribution in [0.1, 0.15) is 97.3 Å². The van der Waals surface area contributed by atoms with E-state index < -0.39 is 6.04 Å². The van der Waals surface area contributed by atoms with E-state index in [0.29, 0.717) is 19.4 Å². The van der Waals surface area contributed by atoms with E-state index in [4.69, 9.17) is 4.74 Å². The monoisotopic (exact) mass is 382 g/mol. The lowest BCUT2D eigenvalue weighted by Crippen LogP contribution is -2.55. The van der Waals surface area contributed by atoms with Crippen LogP contribution in [-0.2, 0) is 19.1 Å². The number of carbonyl (C=O) groups excluding carboxylic acids is 3. The normalized spacial score (nSPS) is 19.4. The van der Waals surface area contributed by atoms with Crippen LogP contribution in [0, 0.1) is 0 Å². The van der Waals surface area contributed by atoms with Crippen LogP contribution in [0.5, 0.6) is 0 Å². The molecule has 0 bridgehead atoms. The number of nitrogens with one attached hydrogen (secondary N) is 2. The molecule has 2 N–H and O–H groups in total. The summed E-state index contributed by atoms with van der Waals surface area (Å²) in [6, 6.07) is -0.615. The molecule has 0 aromatic rings. The van der Waals surface area contributed by atoms with Crippen molar-refractivity contribution in [1.29, 1.82) is 0 Å². The van der Waals surface area contributed by atoms with Crippen molar-refractivity contribution >= 4 is 17.8 Å². The highest BCUT2D eigenvalue weighted by Gasteiger charge is 2.31. The first-order valence-electron chi connectivity index (χ1n) is 10.8. The summed E-state index contributed by atoms with van der Waals surface area (Å²) in [5.74, 6) is -0.695. The summed E-state index contributed by atoms with van der Waals surface area (Å²) in [6.07, 6.45) is 14.1. The van der Waals surface area contributed by atoms with Gasteiger partial charge in [-0.3, -0.25) is 14.4 Å². The van der Waals surface area contributed by atoms with Crippen molar-refractivity contribution in [2.75, 3.05) is 6.54 Å². The number of hydrogen-bond donors (Lipinski definition) is 2. The van der Waals surface area contributed by atoms with Crippen molar-refractivity contribution in [3.63, 3.8) is 0 Å². The molecule has 0 aliphatic carbocycles. The molecule has 0 aromatic carbocycles. The van der Waals surface area contributed by atoms with Crippen molar-refractivity contribution in [2.24, 2.45) is 0 Å². The zero-order chi connectivity index (χ0) is 19.9. The van der Waals surface area contributed by atoms with Gasteiger partial charge in [-0.05, 0) is 6.42 Å². The minimum atomic E-state index is -0.615. The first-order chi connectivity index (χ1) is 13.0. The van der Waals surface area contributed by atoms with E-state index in [1.54, 1.807) is 0 Å². The van der Waals surface area contributed by atoms with E-state index in [0.717, 1.165) is 12.8 Å². The molecule has 27 heavy (non-hydrogen) atoms. The first kappa shape index (κ1) is 23.4. The lowest BCUT2D eigenvalue weighted by atomic mass is 10.0. The lowest BCUT2D eigenvalue weighted by Gasteiger charge is -2.29. The molecule has 1 fully saturated rings. The topological polar surface area (TPSA) is 84.5 Å². The SMILES string of the molecule is CCCCCCCCCCCCCC(=O)O[C@@H]1CNC(=O)[C@@H](NC(C)=O)C1. The third-order valence-corrected chi connectivity index (χ3v) is 4.98. The van der Waals surface area contributed by atoms with Crippen LogP contribution in [-0.4, -0.2) is 36.5 Å². The van der Waals surface area contributed by atoms with Gasteiger partial charge < -0.3 is 15.4 Å². The summed E-state index contributed by atoms with van der Waals surface area (Å²) in [4.78, 5) is 34.8. The zero-order valence-electron chi connectivity index (χ0n) is 17.2. The number of hydrogen-bond acceptors (Lipinski definition) is 4. The molecule has 6 heteroatoms. The van der Waals surface area contributed by atoms with Crippen LogP contribution in [0.15, 0.2) is 0 Å². The summed E-state index contributed by atoms with van der Waals surface area (Å²) in [5.41, 5.74) is 0. The van der Waals surface area contributed by atoms with Gasteiger partial charge in [0.25, 0.3) is 0 Å². The highest BCUT2D eigenvalue weighted by atomic mass is 16.5. The van der Waals surface area contributed by atoms with Gasteiger partial charge in [0, 0.05) is 19.8 Å². The van der Waals surface area contributed by atoms with Crippen LogP contribution in [0.2, 0.25) is 0 Å². The zero-order valence-corrected chi connectivity index (χ0v) is 17.2. The first-order valence-corrected chi connectivity index (χ1v) is 10.8. The molecule has 0 spiro atoms. The fourth-order valence-electron chi connectivity index (χ4n) is 3.43. The van der Waals surface area contributed by atoms with E-state index in [1.807, 2.05) is 0 Å². The molecule has 0 radical (unpaired) electrons. The van der Waals surface area contributed by atoms with Gasteiger partial charge in [0.1, 0.15) is 12.1 Å². The molecule has 1 saturated heterocycles. The Labute approximate surface area is 164 Å². The number of esters is 1. The maximum Gasteiger partial charge on any atom is 0.306 e. The van der Waals surface area contributed by atoms with Crippen LogP contribution in [0.25, 0.3) is 0 Å². The second kappa shape index (κ2) is 14.5. The van der Waals surface area contributed by atoms with Crippen LogP contribution < -0.4 is 10.6 Å². The Morgan fingerprint density at radius 3 is 2.11 bits per heavy atom.